The minimum absolute atomic E-state index is 0.0309. The van der Waals surface area contributed by atoms with Crippen molar-refractivity contribution in [1.29, 1.82) is 0 Å². The number of para-hydroxylation sites is 1. The summed E-state index contributed by atoms with van der Waals surface area (Å²) < 4.78 is 7.17. The molecule has 1 atom stereocenters. The van der Waals surface area contributed by atoms with E-state index >= 15 is 0 Å². The molecule has 5 rings (SSSR count). The lowest BCUT2D eigenvalue weighted by molar-refractivity contribution is -0.384. The number of carbonyl (C=O) groups excluding carboxylic acids is 2. The molecular formula is C24H20N4O5. The predicted molar refractivity (Wildman–Crippen MR) is 119 cm³/mol. The van der Waals surface area contributed by atoms with Crippen LogP contribution in [0.15, 0.2) is 77.4 Å². The van der Waals surface area contributed by atoms with Crippen LogP contribution in [-0.2, 0) is 24.4 Å². The van der Waals surface area contributed by atoms with E-state index in [0.717, 1.165) is 10.9 Å². The van der Waals surface area contributed by atoms with Gasteiger partial charge in [0.05, 0.1) is 24.3 Å². The Kier molecular flexibility index (Phi) is 5.14. The molecule has 0 saturated carbocycles. The van der Waals surface area contributed by atoms with Crippen molar-refractivity contribution in [3.63, 3.8) is 0 Å². The van der Waals surface area contributed by atoms with Crippen molar-refractivity contribution < 1.29 is 18.9 Å². The van der Waals surface area contributed by atoms with Gasteiger partial charge in [0.2, 0.25) is 5.91 Å². The second kappa shape index (κ2) is 8.27. The van der Waals surface area contributed by atoms with Crippen molar-refractivity contribution in [3.8, 4) is 0 Å². The molecule has 4 aromatic rings. The molecule has 1 aliphatic heterocycles. The monoisotopic (exact) mass is 444 g/mol. The van der Waals surface area contributed by atoms with Gasteiger partial charge in [-0.3, -0.25) is 19.7 Å². The second-order valence-electron chi connectivity index (χ2n) is 7.87. The fourth-order valence-electron chi connectivity index (χ4n) is 4.18. The minimum atomic E-state index is -0.758. The molecule has 0 radical (unpaired) electrons. The maximum absolute atomic E-state index is 13.5. The third-order valence-corrected chi connectivity index (χ3v) is 5.84. The van der Waals surface area contributed by atoms with Crippen LogP contribution >= 0.6 is 0 Å². The van der Waals surface area contributed by atoms with Crippen LogP contribution in [0.4, 0.5) is 5.69 Å². The number of hydrogen-bond donors (Lipinski definition) is 1. The normalized spacial score (nSPS) is 15.5. The molecular weight excluding hydrogens is 424 g/mol. The summed E-state index contributed by atoms with van der Waals surface area (Å²) in [5.74, 6) is 0.0403. The van der Waals surface area contributed by atoms with Gasteiger partial charge in [-0.2, -0.15) is 0 Å². The number of furan rings is 1. The average Bonchev–Trinajstić information content (AvgIpc) is 3.47. The van der Waals surface area contributed by atoms with E-state index in [2.05, 4.69) is 5.32 Å². The molecule has 2 aromatic heterocycles. The number of rotatable bonds is 6. The topological polar surface area (TPSA) is 111 Å². The highest BCUT2D eigenvalue weighted by Gasteiger charge is 2.37. The Morgan fingerprint density at radius 3 is 2.64 bits per heavy atom. The lowest BCUT2D eigenvalue weighted by Gasteiger charge is -2.36. The number of fused-ring (bicyclic) bond motifs is 3. The molecule has 9 nitrogen and oxygen atoms in total. The van der Waals surface area contributed by atoms with Crippen molar-refractivity contribution in [2.24, 2.45) is 0 Å². The smallest absolute Gasteiger partial charge is 0.271 e. The molecule has 1 aliphatic rings. The van der Waals surface area contributed by atoms with Crippen molar-refractivity contribution in [3.05, 3.63) is 100 Å². The van der Waals surface area contributed by atoms with Crippen LogP contribution in [0.1, 0.15) is 21.8 Å². The molecule has 2 aromatic carbocycles. The van der Waals surface area contributed by atoms with Crippen molar-refractivity contribution >= 4 is 28.4 Å². The van der Waals surface area contributed by atoms with Gasteiger partial charge in [-0.25, -0.2) is 0 Å². The van der Waals surface area contributed by atoms with E-state index in [1.165, 1.54) is 23.3 Å². The first-order valence-corrected chi connectivity index (χ1v) is 10.4. The third-order valence-electron chi connectivity index (χ3n) is 5.84. The number of hydrogen-bond acceptors (Lipinski definition) is 5. The average molecular weight is 444 g/mol. The van der Waals surface area contributed by atoms with Gasteiger partial charge in [0.25, 0.3) is 11.6 Å². The van der Waals surface area contributed by atoms with Gasteiger partial charge >= 0.3 is 0 Å². The number of nitrogens with zero attached hydrogens (tertiary/aromatic N) is 3. The molecule has 1 N–H and O–H groups in total. The number of benzene rings is 2. The summed E-state index contributed by atoms with van der Waals surface area (Å²) in [7, 11) is 0. The molecule has 0 bridgehead atoms. The molecule has 0 fully saturated rings. The van der Waals surface area contributed by atoms with E-state index in [1.807, 2.05) is 34.9 Å². The number of carbonyl (C=O) groups is 2. The zero-order chi connectivity index (χ0) is 22.9. The van der Waals surface area contributed by atoms with Gasteiger partial charge in [0.1, 0.15) is 17.5 Å². The number of amides is 2. The highest BCUT2D eigenvalue weighted by molar-refractivity contribution is 6.02. The van der Waals surface area contributed by atoms with Crippen LogP contribution in [0.2, 0.25) is 0 Å². The second-order valence-corrected chi connectivity index (χ2v) is 7.87. The van der Waals surface area contributed by atoms with E-state index < -0.39 is 11.0 Å². The van der Waals surface area contributed by atoms with Gasteiger partial charge in [0.15, 0.2) is 0 Å². The molecule has 3 heterocycles. The van der Waals surface area contributed by atoms with Crippen molar-refractivity contribution in [2.45, 2.75) is 25.7 Å². The first-order chi connectivity index (χ1) is 16.0. The Morgan fingerprint density at radius 1 is 1.12 bits per heavy atom. The third kappa shape index (κ3) is 3.84. The standard InChI is InChI=1S/C24H20N4O5/c29-23(25-13-19-5-3-11-33-19)22-15-26-20-6-2-1-4-17(20)12-21(26)24(30)27(22)14-16-7-9-18(10-8-16)28(31)32/h1-12,22H,13-15H2,(H,25,29)/t22-/m0/s1. The number of nitro benzene ring substituents is 1. The van der Waals surface area contributed by atoms with Gasteiger partial charge in [0, 0.05) is 29.6 Å². The SMILES string of the molecule is O=C(NCc1ccco1)[C@@H]1Cn2c(cc3ccccc32)C(=O)N1Cc1ccc([N+](=O)[O-])cc1. The van der Waals surface area contributed by atoms with Crippen LogP contribution in [0.3, 0.4) is 0 Å². The summed E-state index contributed by atoms with van der Waals surface area (Å²) in [6.45, 7) is 0.657. The Morgan fingerprint density at radius 2 is 1.91 bits per heavy atom. The largest absolute Gasteiger partial charge is 0.467 e. The molecule has 0 spiro atoms. The fourth-order valence-corrected chi connectivity index (χ4v) is 4.18. The van der Waals surface area contributed by atoms with Crippen LogP contribution < -0.4 is 5.32 Å². The summed E-state index contributed by atoms with van der Waals surface area (Å²) in [5, 5.41) is 14.7. The summed E-state index contributed by atoms with van der Waals surface area (Å²) >= 11 is 0. The first kappa shape index (κ1) is 20.5. The van der Waals surface area contributed by atoms with E-state index in [4.69, 9.17) is 4.42 Å². The van der Waals surface area contributed by atoms with Gasteiger partial charge in [-0.15, -0.1) is 0 Å². The van der Waals surface area contributed by atoms with E-state index in [1.54, 1.807) is 24.3 Å². The quantitative estimate of drug-likeness (QED) is 0.362. The molecule has 2 amide bonds. The lowest BCUT2D eigenvalue weighted by atomic mass is 10.1. The van der Waals surface area contributed by atoms with Gasteiger partial charge in [-0.05, 0) is 29.8 Å². The Labute approximate surface area is 188 Å². The van der Waals surface area contributed by atoms with Crippen LogP contribution in [0.25, 0.3) is 10.9 Å². The van der Waals surface area contributed by atoms with Gasteiger partial charge in [-0.1, -0.05) is 30.3 Å². The molecule has 9 heteroatoms. The first-order valence-electron chi connectivity index (χ1n) is 10.4. The molecule has 0 saturated heterocycles. The molecule has 33 heavy (non-hydrogen) atoms. The number of nitro groups is 1. The Balaban J connectivity index is 1.47. The highest BCUT2D eigenvalue weighted by atomic mass is 16.6. The zero-order valence-corrected chi connectivity index (χ0v) is 17.5. The zero-order valence-electron chi connectivity index (χ0n) is 17.5. The van der Waals surface area contributed by atoms with Crippen molar-refractivity contribution in [2.75, 3.05) is 0 Å². The molecule has 0 unspecified atom stereocenters. The maximum atomic E-state index is 13.5. The van der Waals surface area contributed by atoms with Crippen molar-refractivity contribution in [1.82, 2.24) is 14.8 Å². The highest BCUT2D eigenvalue weighted by Crippen LogP contribution is 2.28. The summed E-state index contributed by atoms with van der Waals surface area (Å²) in [6, 6.07) is 18.2. The Hall–Kier alpha value is -4.40. The Bertz CT molecular complexity index is 1340. The predicted octanol–water partition coefficient (Wildman–Crippen LogP) is 3.48. The van der Waals surface area contributed by atoms with E-state index in [9.17, 15) is 19.7 Å². The summed E-state index contributed by atoms with van der Waals surface area (Å²) in [6.07, 6.45) is 1.53. The summed E-state index contributed by atoms with van der Waals surface area (Å²) in [5.41, 5.74) is 2.06. The maximum Gasteiger partial charge on any atom is 0.271 e. The van der Waals surface area contributed by atoms with E-state index in [-0.39, 0.29) is 30.6 Å². The summed E-state index contributed by atoms with van der Waals surface area (Å²) in [4.78, 5) is 38.7. The fraction of sp³-hybridized carbons (Fsp3) is 0.167. The van der Waals surface area contributed by atoms with Crippen LogP contribution in [0, 0.1) is 10.1 Å². The lowest BCUT2D eigenvalue weighted by Crippen LogP contribution is -2.54. The molecule has 0 aliphatic carbocycles. The number of aromatic nitrogens is 1. The number of non-ortho nitro benzene ring substituents is 1. The van der Waals surface area contributed by atoms with Crippen LogP contribution in [-0.4, -0.2) is 32.2 Å². The number of nitrogens with one attached hydrogen (secondary N) is 1. The van der Waals surface area contributed by atoms with Crippen LogP contribution in [0.5, 0.6) is 0 Å². The molecule has 166 valence electrons. The van der Waals surface area contributed by atoms with E-state index in [0.29, 0.717) is 23.6 Å². The minimum Gasteiger partial charge on any atom is -0.467 e. The van der Waals surface area contributed by atoms with Gasteiger partial charge < -0.3 is 19.2 Å².